The van der Waals surface area contributed by atoms with Gasteiger partial charge in [0.25, 0.3) is 5.91 Å². The second kappa shape index (κ2) is 8.23. The normalized spacial score (nSPS) is 22.4. The smallest absolute Gasteiger partial charge is 0.289 e. The van der Waals surface area contributed by atoms with E-state index in [1.54, 1.807) is 6.07 Å². The molecule has 3 aromatic rings. The Kier molecular flexibility index (Phi) is 5.28. The van der Waals surface area contributed by atoms with Crippen molar-refractivity contribution in [2.75, 3.05) is 26.2 Å². The van der Waals surface area contributed by atoms with Crippen LogP contribution in [0.2, 0.25) is 0 Å². The van der Waals surface area contributed by atoms with E-state index >= 15 is 0 Å². The summed E-state index contributed by atoms with van der Waals surface area (Å²) < 4.78 is 11.9. The van der Waals surface area contributed by atoms with E-state index in [2.05, 4.69) is 24.3 Å². The fourth-order valence-electron chi connectivity index (χ4n) is 5.08. The first kappa shape index (κ1) is 19.9. The van der Waals surface area contributed by atoms with Crippen molar-refractivity contribution in [3.63, 3.8) is 0 Å². The molecule has 1 amide bonds. The van der Waals surface area contributed by atoms with E-state index in [-0.39, 0.29) is 17.2 Å². The first-order valence-corrected chi connectivity index (χ1v) is 11.0. The summed E-state index contributed by atoms with van der Waals surface area (Å²) in [5, 5.41) is 0. The molecule has 2 atom stereocenters. The van der Waals surface area contributed by atoms with Gasteiger partial charge in [-0.3, -0.25) is 4.79 Å². The zero-order chi connectivity index (χ0) is 21.3. The molecule has 5 rings (SSSR count). The number of nitrogens with zero attached hydrogens (tertiary/aromatic N) is 1. The summed E-state index contributed by atoms with van der Waals surface area (Å²) in [5.41, 5.74) is 8.59. The molecule has 0 bridgehead atoms. The molecule has 2 aliphatic rings. The van der Waals surface area contributed by atoms with Gasteiger partial charge in [0.15, 0.2) is 5.76 Å². The lowest BCUT2D eigenvalue weighted by molar-refractivity contribution is 0.0465. The summed E-state index contributed by atoms with van der Waals surface area (Å²) in [6, 6.07) is 22.3. The molecule has 1 spiro atoms. The van der Waals surface area contributed by atoms with Crippen molar-refractivity contribution in [2.24, 2.45) is 11.7 Å². The van der Waals surface area contributed by atoms with E-state index in [4.69, 9.17) is 14.9 Å². The minimum absolute atomic E-state index is 0.0496. The molecule has 2 aromatic carbocycles. The number of hydrogen-bond acceptors (Lipinski definition) is 4. The molecule has 5 nitrogen and oxygen atoms in total. The number of carbonyl (C=O) groups is 1. The topological polar surface area (TPSA) is 68.7 Å². The van der Waals surface area contributed by atoms with Crippen LogP contribution in [0, 0.1) is 5.92 Å². The van der Waals surface area contributed by atoms with Crippen LogP contribution in [0.15, 0.2) is 71.1 Å². The summed E-state index contributed by atoms with van der Waals surface area (Å²) in [5.74, 6) is 2.31. The Hall–Kier alpha value is -3.05. The Morgan fingerprint density at radius 3 is 2.68 bits per heavy atom. The molecule has 2 unspecified atom stereocenters. The fourth-order valence-corrected chi connectivity index (χ4v) is 5.08. The van der Waals surface area contributed by atoms with Gasteiger partial charge in [-0.1, -0.05) is 48.5 Å². The quantitative estimate of drug-likeness (QED) is 0.687. The Labute approximate surface area is 182 Å². The Bertz CT molecular complexity index is 1060. The minimum Gasteiger partial charge on any atom is -0.492 e. The van der Waals surface area contributed by atoms with Crippen LogP contribution in [0.3, 0.4) is 0 Å². The summed E-state index contributed by atoms with van der Waals surface area (Å²) in [7, 11) is 0. The van der Waals surface area contributed by atoms with E-state index < -0.39 is 0 Å². The molecular formula is C26H28N2O3. The number of furan rings is 1. The Morgan fingerprint density at radius 2 is 1.84 bits per heavy atom. The lowest BCUT2D eigenvalue weighted by atomic mass is 9.67. The van der Waals surface area contributed by atoms with E-state index in [1.807, 2.05) is 41.3 Å². The fraction of sp³-hybridized carbons (Fsp3) is 0.346. The Morgan fingerprint density at radius 1 is 1.03 bits per heavy atom. The molecule has 3 heterocycles. The second-order valence-electron chi connectivity index (χ2n) is 8.63. The molecule has 0 aliphatic carbocycles. The van der Waals surface area contributed by atoms with Crippen molar-refractivity contribution in [3.05, 3.63) is 89.4 Å². The zero-order valence-electron chi connectivity index (χ0n) is 17.6. The highest BCUT2D eigenvalue weighted by Gasteiger charge is 2.49. The molecule has 5 heteroatoms. The highest BCUT2D eigenvalue weighted by atomic mass is 16.5. The molecule has 2 N–H and O–H groups in total. The molecule has 1 aromatic heterocycles. The molecule has 1 fully saturated rings. The van der Waals surface area contributed by atoms with Crippen LogP contribution >= 0.6 is 0 Å². The van der Waals surface area contributed by atoms with E-state index in [9.17, 15) is 4.79 Å². The number of ether oxygens (including phenoxy) is 1. The number of aryl methyl sites for hydroxylation is 2. The number of rotatable bonds is 5. The lowest BCUT2D eigenvalue weighted by Gasteiger charge is -2.44. The minimum atomic E-state index is -0.105. The van der Waals surface area contributed by atoms with Crippen molar-refractivity contribution in [1.29, 1.82) is 0 Å². The number of amides is 1. The van der Waals surface area contributed by atoms with Crippen LogP contribution in [0.25, 0.3) is 0 Å². The summed E-state index contributed by atoms with van der Waals surface area (Å²) >= 11 is 0. The van der Waals surface area contributed by atoms with E-state index in [0.717, 1.165) is 30.8 Å². The third-order valence-electron chi connectivity index (χ3n) is 6.91. The molecule has 0 saturated carbocycles. The van der Waals surface area contributed by atoms with E-state index in [0.29, 0.717) is 32.0 Å². The predicted octanol–water partition coefficient (Wildman–Crippen LogP) is 3.82. The first-order valence-electron chi connectivity index (χ1n) is 11.0. The van der Waals surface area contributed by atoms with Crippen molar-refractivity contribution in [1.82, 2.24) is 4.90 Å². The lowest BCUT2D eigenvalue weighted by Crippen LogP contribution is -2.54. The number of benzene rings is 2. The number of para-hydroxylation sites is 1. The third kappa shape index (κ3) is 3.63. The van der Waals surface area contributed by atoms with Crippen LogP contribution in [-0.2, 0) is 18.3 Å². The number of piperidine rings is 1. The number of carbonyl (C=O) groups excluding carboxylic acids is 1. The number of hydrogen-bond donors (Lipinski definition) is 1. The van der Waals surface area contributed by atoms with Gasteiger partial charge in [0.1, 0.15) is 11.5 Å². The predicted molar refractivity (Wildman–Crippen MR) is 119 cm³/mol. The molecular weight excluding hydrogens is 388 g/mol. The number of likely N-dealkylation sites (tertiary alicyclic amines) is 1. The standard InChI is InChI=1S/C26H28N2O3/c27-16-20-17-28(15-14-26(20)18-30-23-9-5-4-8-22(23)26)25(29)24-13-12-21(31-24)11-10-19-6-2-1-3-7-19/h1-9,12-13,20H,10-11,14-18,27H2. The van der Waals surface area contributed by atoms with Gasteiger partial charge in [0, 0.05) is 36.4 Å². The maximum Gasteiger partial charge on any atom is 0.289 e. The van der Waals surface area contributed by atoms with Gasteiger partial charge in [0.2, 0.25) is 0 Å². The molecule has 0 radical (unpaired) electrons. The van der Waals surface area contributed by atoms with Gasteiger partial charge in [-0.05, 0) is 43.1 Å². The van der Waals surface area contributed by atoms with E-state index in [1.165, 1.54) is 11.1 Å². The average molecular weight is 417 g/mol. The molecule has 2 aliphatic heterocycles. The molecule has 160 valence electrons. The van der Waals surface area contributed by atoms with Crippen LogP contribution in [0.4, 0.5) is 0 Å². The highest BCUT2D eigenvalue weighted by Crippen LogP contribution is 2.48. The van der Waals surface area contributed by atoms with Gasteiger partial charge < -0.3 is 19.8 Å². The third-order valence-corrected chi connectivity index (χ3v) is 6.91. The van der Waals surface area contributed by atoms with Crippen molar-refractivity contribution < 1.29 is 13.9 Å². The SMILES string of the molecule is NCC1CN(C(=O)c2ccc(CCc3ccccc3)o2)CCC12COc1ccccc12. The van der Waals surface area contributed by atoms with Crippen LogP contribution in [0.1, 0.15) is 33.9 Å². The van der Waals surface area contributed by atoms with Crippen LogP contribution in [0.5, 0.6) is 5.75 Å². The second-order valence-corrected chi connectivity index (χ2v) is 8.63. The average Bonchev–Trinajstić information content (AvgIpc) is 3.44. The summed E-state index contributed by atoms with van der Waals surface area (Å²) in [6.07, 6.45) is 2.52. The van der Waals surface area contributed by atoms with Crippen molar-refractivity contribution in [3.8, 4) is 5.75 Å². The van der Waals surface area contributed by atoms with Crippen molar-refractivity contribution in [2.45, 2.75) is 24.7 Å². The highest BCUT2D eigenvalue weighted by molar-refractivity contribution is 5.91. The molecule has 31 heavy (non-hydrogen) atoms. The largest absolute Gasteiger partial charge is 0.492 e. The van der Waals surface area contributed by atoms with Crippen molar-refractivity contribution >= 4 is 5.91 Å². The summed E-state index contributed by atoms with van der Waals surface area (Å²) in [4.78, 5) is 15.1. The van der Waals surface area contributed by atoms with Gasteiger partial charge in [0.05, 0.1) is 6.61 Å². The van der Waals surface area contributed by atoms with Gasteiger partial charge in [-0.2, -0.15) is 0 Å². The zero-order valence-corrected chi connectivity index (χ0v) is 17.6. The van der Waals surface area contributed by atoms with Gasteiger partial charge in [-0.25, -0.2) is 0 Å². The van der Waals surface area contributed by atoms with Crippen LogP contribution < -0.4 is 10.5 Å². The number of fused-ring (bicyclic) bond motifs is 2. The van der Waals surface area contributed by atoms with Gasteiger partial charge >= 0.3 is 0 Å². The first-order chi connectivity index (χ1) is 15.2. The maximum atomic E-state index is 13.2. The summed E-state index contributed by atoms with van der Waals surface area (Å²) in [6.45, 7) is 2.45. The Balaban J connectivity index is 1.27. The number of nitrogens with two attached hydrogens (primary N) is 1. The molecule has 1 saturated heterocycles. The maximum absolute atomic E-state index is 13.2. The monoisotopic (exact) mass is 416 g/mol. The van der Waals surface area contributed by atoms with Gasteiger partial charge in [-0.15, -0.1) is 0 Å². The van der Waals surface area contributed by atoms with Crippen LogP contribution in [-0.4, -0.2) is 37.0 Å².